The van der Waals surface area contributed by atoms with Crippen LogP contribution in [-0.4, -0.2) is 24.0 Å². The van der Waals surface area contributed by atoms with Gasteiger partial charge in [-0.05, 0) is 33.7 Å². The second-order valence-electron chi connectivity index (χ2n) is 3.23. The zero-order valence-corrected chi connectivity index (χ0v) is 8.02. The fourth-order valence-corrected chi connectivity index (χ4v) is 1.29. The Morgan fingerprint density at radius 3 is 1.60 bits per heavy atom. The molecule has 0 saturated heterocycles. The molecule has 0 spiro atoms. The maximum atomic E-state index is 2.44. The van der Waals surface area contributed by atoms with Gasteiger partial charge in [0, 0.05) is 12.1 Å². The molecule has 0 aromatic heterocycles. The summed E-state index contributed by atoms with van der Waals surface area (Å²) in [6, 6.07) is 1.46. The first-order valence-corrected chi connectivity index (χ1v) is 4.35. The van der Waals surface area contributed by atoms with Gasteiger partial charge in [-0.25, -0.2) is 0 Å². The van der Waals surface area contributed by atoms with Crippen molar-refractivity contribution < 1.29 is 0 Å². The van der Waals surface area contributed by atoms with Crippen LogP contribution in [0.3, 0.4) is 0 Å². The number of hydrogen-bond donors (Lipinski definition) is 0. The van der Waals surface area contributed by atoms with Crippen LogP contribution in [0.1, 0.15) is 40.5 Å². The molecule has 10 heavy (non-hydrogen) atoms. The van der Waals surface area contributed by atoms with Gasteiger partial charge in [-0.15, -0.1) is 0 Å². The van der Waals surface area contributed by atoms with E-state index in [0.717, 1.165) is 6.04 Å². The Morgan fingerprint density at radius 2 is 1.50 bits per heavy atom. The molecule has 0 aliphatic carbocycles. The standard InChI is InChI=1S/C9H21N/c1-6-9(7-2)10(5)8(3)4/h8-9H,6-7H2,1-5H3. The third-order valence-electron chi connectivity index (χ3n) is 2.33. The Morgan fingerprint density at radius 1 is 1.10 bits per heavy atom. The van der Waals surface area contributed by atoms with Crippen molar-refractivity contribution in [2.75, 3.05) is 7.05 Å². The largest absolute Gasteiger partial charge is 0.301 e. The average molecular weight is 143 g/mol. The maximum absolute atomic E-state index is 2.44. The van der Waals surface area contributed by atoms with Crippen molar-refractivity contribution >= 4 is 0 Å². The molecular formula is C9H21N. The Bertz CT molecular complexity index is 74.8. The molecule has 0 fully saturated rings. The molecule has 0 saturated carbocycles. The van der Waals surface area contributed by atoms with Crippen molar-refractivity contribution in [1.82, 2.24) is 4.90 Å². The molecule has 1 heteroatoms. The van der Waals surface area contributed by atoms with Gasteiger partial charge < -0.3 is 4.90 Å². The van der Waals surface area contributed by atoms with Gasteiger partial charge in [-0.1, -0.05) is 13.8 Å². The highest BCUT2D eigenvalue weighted by Crippen LogP contribution is 2.08. The highest BCUT2D eigenvalue weighted by atomic mass is 15.1. The van der Waals surface area contributed by atoms with E-state index in [1.165, 1.54) is 12.8 Å². The number of nitrogens with zero attached hydrogens (tertiary/aromatic N) is 1. The van der Waals surface area contributed by atoms with Gasteiger partial charge >= 0.3 is 0 Å². The molecule has 0 aliphatic heterocycles. The van der Waals surface area contributed by atoms with Crippen molar-refractivity contribution in [3.8, 4) is 0 Å². The molecule has 0 rings (SSSR count). The van der Waals surface area contributed by atoms with Crippen LogP contribution < -0.4 is 0 Å². The van der Waals surface area contributed by atoms with Crippen LogP contribution in [0.2, 0.25) is 0 Å². The Hall–Kier alpha value is -0.0400. The normalized spacial score (nSPS) is 12.0. The second-order valence-corrected chi connectivity index (χ2v) is 3.23. The molecule has 0 atom stereocenters. The van der Waals surface area contributed by atoms with E-state index < -0.39 is 0 Å². The van der Waals surface area contributed by atoms with Gasteiger partial charge in [0.15, 0.2) is 0 Å². The van der Waals surface area contributed by atoms with E-state index in [4.69, 9.17) is 0 Å². The molecule has 0 aromatic rings. The van der Waals surface area contributed by atoms with Gasteiger partial charge in [0.2, 0.25) is 0 Å². The van der Waals surface area contributed by atoms with Crippen molar-refractivity contribution in [1.29, 1.82) is 0 Å². The van der Waals surface area contributed by atoms with Crippen LogP contribution in [-0.2, 0) is 0 Å². The Labute approximate surface area is 65.4 Å². The Balaban J connectivity index is 3.76. The van der Waals surface area contributed by atoms with Crippen molar-refractivity contribution in [2.24, 2.45) is 0 Å². The fourth-order valence-electron chi connectivity index (χ4n) is 1.29. The molecule has 0 aromatic carbocycles. The number of hydrogen-bond acceptors (Lipinski definition) is 1. The lowest BCUT2D eigenvalue weighted by atomic mass is 10.1. The molecular weight excluding hydrogens is 122 g/mol. The molecule has 0 unspecified atom stereocenters. The second kappa shape index (κ2) is 4.73. The monoisotopic (exact) mass is 143 g/mol. The third kappa shape index (κ3) is 2.70. The van der Waals surface area contributed by atoms with E-state index in [1.807, 2.05) is 0 Å². The van der Waals surface area contributed by atoms with Gasteiger partial charge in [0.25, 0.3) is 0 Å². The summed E-state index contributed by atoms with van der Waals surface area (Å²) in [6.07, 6.45) is 2.54. The van der Waals surface area contributed by atoms with Crippen molar-refractivity contribution in [3.05, 3.63) is 0 Å². The minimum Gasteiger partial charge on any atom is -0.301 e. The zero-order chi connectivity index (χ0) is 8.15. The van der Waals surface area contributed by atoms with E-state index >= 15 is 0 Å². The molecule has 0 bridgehead atoms. The molecule has 1 nitrogen and oxygen atoms in total. The van der Waals surface area contributed by atoms with E-state index in [9.17, 15) is 0 Å². The summed E-state index contributed by atoms with van der Waals surface area (Å²) in [4.78, 5) is 2.44. The van der Waals surface area contributed by atoms with E-state index in [-0.39, 0.29) is 0 Å². The molecule has 0 amide bonds. The van der Waals surface area contributed by atoms with Crippen LogP contribution in [0.4, 0.5) is 0 Å². The van der Waals surface area contributed by atoms with E-state index in [1.54, 1.807) is 0 Å². The molecule has 0 aliphatic rings. The highest BCUT2D eigenvalue weighted by Gasteiger charge is 2.11. The van der Waals surface area contributed by atoms with Crippen molar-refractivity contribution in [2.45, 2.75) is 52.6 Å². The summed E-state index contributed by atoms with van der Waals surface area (Å²) in [7, 11) is 2.21. The predicted molar refractivity (Wildman–Crippen MR) is 47.3 cm³/mol. The third-order valence-corrected chi connectivity index (χ3v) is 2.33. The van der Waals surface area contributed by atoms with Gasteiger partial charge in [-0.3, -0.25) is 0 Å². The summed E-state index contributed by atoms with van der Waals surface area (Å²) < 4.78 is 0. The van der Waals surface area contributed by atoms with Crippen LogP contribution >= 0.6 is 0 Å². The SMILES string of the molecule is CCC(CC)N(C)C(C)C. The van der Waals surface area contributed by atoms with Gasteiger partial charge in [0.1, 0.15) is 0 Å². The number of rotatable bonds is 4. The Kier molecular flexibility index (Phi) is 4.71. The topological polar surface area (TPSA) is 3.24 Å². The van der Waals surface area contributed by atoms with Crippen LogP contribution in [0.15, 0.2) is 0 Å². The molecule has 0 N–H and O–H groups in total. The summed E-state index contributed by atoms with van der Waals surface area (Å²) in [5, 5.41) is 0. The first kappa shape index (κ1) is 9.96. The lowest BCUT2D eigenvalue weighted by Crippen LogP contribution is -2.36. The van der Waals surface area contributed by atoms with E-state index in [2.05, 4.69) is 39.6 Å². The van der Waals surface area contributed by atoms with E-state index in [0.29, 0.717) is 6.04 Å². The quantitative estimate of drug-likeness (QED) is 0.584. The molecule has 0 radical (unpaired) electrons. The first-order valence-electron chi connectivity index (χ1n) is 4.35. The summed E-state index contributed by atoms with van der Waals surface area (Å²) in [5.41, 5.74) is 0. The van der Waals surface area contributed by atoms with Crippen LogP contribution in [0.5, 0.6) is 0 Å². The lowest BCUT2D eigenvalue weighted by Gasteiger charge is -2.29. The van der Waals surface area contributed by atoms with Crippen molar-refractivity contribution in [3.63, 3.8) is 0 Å². The smallest absolute Gasteiger partial charge is 0.00896 e. The summed E-state index contributed by atoms with van der Waals surface area (Å²) in [6.45, 7) is 9.01. The van der Waals surface area contributed by atoms with Crippen LogP contribution in [0.25, 0.3) is 0 Å². The zero-order valence-electron chi connectivity index (χ0n) is 8.02. The first-order chi connectivity index (χ1) is 4.63. The van der Waals surface area contributed by atoms with Gasteiger partial charge in [-0.2, -0.15) is 0 Å². The minimum absolute atomic E-state index is 0.685. The predicted octanol–water partition coefficient (Wildman–Crippen LogP) is 2.52. The molecule has 62 valence electrons. The summed E-state index contributed by atoms with van der Waals surface area (Å²) in [5.74, 6) is 0. The minimum atomic E-state index is 0.685. The highest BCUT2D eigenvalue weighted by molar-refractivity contribution is 4.67. The molecule has 0 heterocycles. The maximum Gasteiger partial charge on any atom is 0.00896 e. The van der Waals surface area contributed by atoms with Crippen LogP contribution in [0, 0.1) is 0 Å². The fraction of sp³-hybridized carbons (Fsp3) is 1.00. The lowest BCUT2D eigenvalue weighted by molar-refractivity contribution is 0.185. The average Bonchev–Trinajstić information content (AvgIpc) is 1.90. The van der Waals surface area contributed by atoms with Gasteiger partial charge in [0.05, 0.1) is 0 Å². The summed E-state index contributed by atoms with van der Waals surface area (Å²) >= 11 is 0.